The topological polar surface area (TPSA) is 47.6 Å². The highest BCUT2D eigenvalue weighted by Gasteiger charge is 2.06. The maximum absolute atomic E-state index is 12.3. The molecule has 0 unspecified atom stereocenters. The van der Waals surface area contributed by atoms with Crippen LogP contribution in [0.1, 0.15) is 21.5 Å². The van der Waals surface area contributed by atoms with Gasteiger partial charge >= 0.3 is 0 Å². The van der Waals surface area contributed by atoms with E-state index in [0.29, 0.717) is 25.3 Å². The molecule has 1 N–H and O–H groups in total. The van der Waals surface area contributed by atoms with Crippen LogP contribution in [0.3, 0.4) is 0 Å². The van der Waals surface area contributed by atoms with Crippen molar-refractivity contribution in [1.29, 1.82) is 0 Å². The molecule has 3 rings (SSSR count). The summed E-state index contributed by atoms with van der Waals surface area (Å²) in [5.41, 5.74) is 3.03. The second kappa shape index (κ2) is 11.3. The number of hydrogen-bond donors (Lipinski definition) is 1. The van der Waals surface area contributed by atoms with Gasteiger partial charge in [0.25, 0.3) is 5.91 Å². The molecule has 3 aromatic rings. The fourth-order valence-corrected chi connectivity index (χ4v) is 3.53. The molecule has 0 bridgehead atoms. The number of aryl methyl sites for hydroxylation is 2. The number of hydrogen-bond acceptors (Lipinski definition) is 4. The zero-order chi connectivity index (χ0) is 21.2. The Kier molecular flexibility index (Phi) is 8.21. The van der Waals surface area contributed by atoms with Crippen LogP contribution in [0.15, 0.2) is 77.7 Å². The van der Waals surface area contributed by atoms with E-state index in [1.54, 1.807) is 23.9 Å². The van der Waals surface area contributed by atoms with Crippen LogP contribution in [0.25, 0.3) is 0 Å². The molecule has 0 aromatic heterocycles. The predicted molar refractivity (Wildman–Crippen MR) is 123 cm³/mol. The first-order valence-corrected chi connectivity index (χ1v) is 11.0. The summed E-state index contributed by atoms with van der Waals surface area (Å²) in [5.74, 6) is 2.33. The van der Waals surface area contributed by atoms with Gasteiger partial charge in [-0.15, -0.1) is 11.8 Å². The minimum absolute atomic E-state index is 0.120. The van der Waals surface area contributed by atoms with Gasteiger partial charge in [0.15, 0.2) is 0 Å². The lowest BCUT2D eigenvalue weighted by Gasteiger charge is -2.10. The molecule has 0 radical (unpaired) electrons. The highest BCUT2D eigenvalue weighted by Crippen LogP contribution is 2.18. The first kappa shape index (κ1) is 21.8. The van der Waals surface area contributed by atoms with E-state index in [2.05, 4.69) is 31.3 Å². The van der Waals surface area contributed by atoms with Crippen molar-refractivity contribution in [1.82, 2.24) is 5.32 Å². The second-order valence-electron chi connectivity index (χ2n) is 6.88. The number of amides is 1. The molecular weight excluding hydrogens is 394 g/mol. The fraction of sp³-hybridized carbons (Fsp3) is 0.240. The molecule has 0 aliphatic heterocycles. The average molecular weight is 422 g/mol. The minimum Gasteiger partial charge on any atom is -0.493 e. The van der Waals surface area contributed by atoms with Gasteiger partial charge in [-0.25, -0.2) is 0 Å². The van der Waals surface area contributed by atoms with Gasteiger partial charge in [0.2, 0.25) is 0 Å². The normalized spacial score (nSPS) is 10.5. The molecule has 5 heteroatoms. The van der Waals surface area contributed by atoms with Crippen LogP contribution in [0, 0.1) is 13.8 Å². The molecular formula is C25H27NO3S. The third kappa shape index (κ3) is 6.85. The first-order valence-electron chi connectivity index (χ1n) is 10.0. The zero-order valence-corrected chi connectivity index (χ0v) is 18.2. The summed E-state index contributed by atoms with van der Waals surface area (Å²) in [6.07, 6.45) is 0. The third-order valence-electron chi connectivity index (χ3n) is 4.62. The molecule has 1 amide bonds. The number of thioether (sulfide) groups is 1. The Hall–Kier alpha value is -2.92. The van der Waals surface area contributed by atoms with Gasteiger partial charge in [0.05, 0.1) is 13.2 Å². The largest absolute Gasteiger partial charge is 0.493 e. The van der Waals surface area contributed by atoms with Crippen LogP contribution in [0.4, 0.5) is 0 Å². The van der Waals surface area contributed by atoms with E-state index in [1.807, 2.05) is 48.5 Å². The van der Waals surface area contributed by atoms with E-state index in [9.17, 15) is 4.79 Å². The highest BCUT2D eigenvalue weighted by molar-refractivity contribution is 7.99. The summed E-state index contributed by atoms with van der Waals surface area (Å²) in [5, 5.41) is 2.88. The number of nitrogens with one attached hydrogen (secondary N) is 1. The molecule has 4 nitrogen and oxygen atoms in total. The lowest BCUT2D eigenvalue weighted by Crippen LogP contribution is -2.28. The molecule has 0 aliphatic carbocycles. The van der Waals surface area contributed by atoms with Gasteiger partial charge < -0.3 is 14.8 Å². The number of carbonyl (C=O) groups excluding carboxylic acids is 1. The zero-order valence-electron chi connectivity index (χ0n) is 17.4. The molecule has 0 saturated carbocycles. The van der Waals surface area contributed by atoms with Gasteiger partial charge in [0, 0.05) is 16.2 Å². The number of ether oxygens (including phenoxy) is 2. The molecule has 30 heavy (non-hydrogen) atoms. The Bertz CT molecular complexity index is 942. The summed E-state index contributed by atoms with van der Waals surface area (Å²) < 4.78 is 11.5. The standard InChI is InChI=1S/C25H27NO3S/c1-19-8-11-23(18-20(19)2)28-15-14-26-25(27)21-9-12-22(13-10-21)29-16-17-30-24-6-4-3-5-7-24/h3-13,18H,14-17H2,1-2H3,(H,26,27). The molecule has 0 heterocycles. The third-order valence-corrected chi connectivity index (χ3v) is 5.59. The van der Waals surface area contributed by atoms with Gasteiger partial charge in [-0.2, -0.15) is 0 Å². The van der Waals surface area contributed by atoms with Crippen LogP contribution in [-0.4, -0.2) is 31.4 Å². The predicted octanol–water partition coefficient (Wildman–Crippen LogP) is 5.28. The van der Waals surface area contributed by atoms with Crippen molar-refractivity contribution in [3.05, 3.63) is 89.5 Å². The smallest absolute Gasteiger partial charge is 0.251 e. The quantitative estimate of drug-likeness (QED) is 0.357. The van der Waals surface area contributed by atoms with Gasteiger partial charge in [0.1, 0.15) is 18.1 Å². The molecule has 0 fully saturated rings. The number of rotatable bonds is 10. The van der Waals surface area contributed by atoms with Crippen LogP contribution >= 0.6 is 11.8 Å². The summed E-state index contributed by atoms with van der Waals surface area (Å²) in [4.78, 5) is 13.5. The second-order valence-corrected chi connectivity index (χ2v) is 8.05. The van der Waals surface area contributed by atoms with Gasteiger partial charge in [-0.05, 0) is 73.5 Å². The summed E-state index contributed by atoms with van der Waals surface area (Å²) >= 11 is 1.76. The van der Waals surface area contributed by atoms with Crippen molar-refractivity contribution >= 4 is 17.7 Å². The summed E-state index contributed by atoms with van der Waals surface area (Å²) in [6, 6.07) is 23.4. The molecule has 0 saturated heterocycles. The van der Waals surface area contributed by atoms with Crippen LogP contribution in [-0.2, 0) is 0 Å². The van der Waals surface area contributed by atoms with Crippen molar-refractivity contribution in [2.24, 2.45) is 0 Å². The van der Waals surface area contributed by atoms with Crippen molar-refractivity contribution in [3.63, 3.8) is 0 Å². The lowest BCUT2D eigenvalue weighted by molar-refractivity contribution is 0.0947. The van der Waals surface area contributed by atoms with Crippen LogP contribution < -0.4 is 14.8 Å². The van der Waals surface area contributed by atoms with E-state index < -0.39 is 0 Å². The Morgan fingerprint density at radius 3 is 2.27 bits per heavy atom. The summed E-state index contributed by atoms with van der Waals surface area (Å²) in [6.45, 7) is 5.61. The van der Waals surface area contributed by atoms with Crippen molar-refractivity contribution in [2.45, 2.75) is 18.7 Å². The first-order chi connectivity index (χ1) is 14.6. The van der Waals surface area contributed by atoms with Crippen LogP contribution in [0.2, 0.25) is 0 Å². The number of carbonyl (C=O) groups is 1. The molecule has 156 valence electrons. The molecule has 0 aliphatic rings. The van der Waals surface area contributed by atoms with E-state index in [0.717, 1.165) is 17.3 Å². The maximum atomic E-state index is 12.3. The van der Waals surface area contributed by atoms with Crippen molar-refractivity contribution in [3.8, 4) is 11.5 Å². The Morgan fingerprint density at radius 1 is 0.833 bits per heavy atom. The van der Waals surface area contributed by atoms with E-state index >= 15 is 0 Å². The van der Waals surface area contributed by atoms with Gasteiger partial charge in [-0.1, -0.05) is 24.3 Å². The number of benzene rings is 3. The van der Waals surface area contributed by atoms with Gasteiger partial charge in [-0.3, -0.25) is 4.79 Å². The Morgan fingerprint density at radius 2 is 1.53 bits per heavy atom. The SMILES string of the molecule is Cc1ccc(OCCNC(=O)c2ccc(OCCSc3ccccc3)cc2)cc1C. The molecule has 0 spiro atoms. The lowest BCUT2D eigenvalue weighted by atomic mass is 10.1. The molecule has 3 aromatic carbocycles. The van der Waals surface area contributed by atoms with Crippen molar-refractivity contribution in [2.75, 3.05) is 25.5 Å². The van der Waals surface area contributed by atoms with E-state index in [4.69, 9.17) is 9.47 Å². The maximum Gasteiger partial charge on any atom is 0.251 e. The monoisotopic (exact) mass is 421 g/mol. The van der Waals surface area contributed by atoms with E-state index in [1.165, 1.54) is 16.0 Å². The average Bonchev–Trinajstić information content (AvgIpc) is 2.77. The van der Waals surface area contributed by atoms with E-state index in [-0.39, 0.29) is 5.91 Å². The minimum atomic E-state index is -0.120. The fourth-order valence-electron chi connectivity index (χ4n) is 2.78. The Balaban J connectivity index is 1.35. The van der Waals surface area contributed by atoms with Crippen molar-refractivity contribution < 1.29 is 14.3 Å². The Labute approximate surface area is 182 Å². The molecule has 0 atom stereocenters. The summed E-state index contributed by atoms with van der Waals surface area (Å²) in [7, 11) is 0. The van der Waals surface area contributed by atoms with Crippen LogP contribution in [0.5, 0.6) is 11.5 Å². The highest BCUT2D eigenvalue weighted by atomic mass is 32.2.